The van der Waals surface area contributed by atoms with Crippen LogP contribution in [0.3, 0.4) is 0 Å². The molecule has 0 amide bonds. The molecule has 0 aromatic carbocycles. The SMILES string of the molecule is CCCCC(=O)c1c(C)nn(C)c1C. The fourth-order valence-corrected chi connectivity index (χ4v) is 1.64. The lowest BCUT2D eigenvalue weighted by molar-refractivity contribution is 0.0978. The van der Waals surface area contributed by atoms with Crippen molar-refractivity contribution in [3.63, 3.8) is 0 Å². The fraction of sp³-hybridized carbons (Fsp3) is 0.636. The summed E-state index contributed by atoms with van der Waals surface area (Å²) in [4.78, 5) is 11.8. The van der Waals surface area contributed by atoms with Crippen molar-refractivity contribution in [2.24, 2.45) is 7.05 Å². The lowest BCUT2D eigenvalue weighted by atomic mass is 10.0. The van der Waals surface area contributed by atoms with Crippen molar-refractivity contribution in [3.8, 4) is 0 Å². The maximum atomic E-state index is 11.8. The molecule has 1 aromatic rings. The number of rotatable bonds is 4. The van der Waals surface area contributed by atoms with Crippen LogP contribution >= 0.6 is 0 Å². The van der Waals surface area contributed by atoms with E-state index in [1.807, 2.05) is 20.9 Å². The van der Waals surface area contributed by atoms with Crippen LogP contribution in [0.4, 0.5) is 0 Å². The fourth-order valence-electron chi connectivity index (χ4n) is 1.64. The number of nitrogens with zero attached hydrogens (tertiary/aromatic N) is 2. The van der Waals surface area contributed by atoms with E-state index in [1.54, 1.807) is 4.68 Å². The summed E-state index contributed by atoms with van der Waals surface area (Å²) in [6.07, 6.45) is 2.67. The summed E-state index contributed by atoms with van der Waals surface area (Å²) in [7, 11) is 1.87. The van der Waals surface area contributed by atoms with Crippen LogP contribution in [0, 0.1) is 13.8 Å². The monoisotopic (exact) mass is 194 g/mol. The average Bonchev–Trinajstić information content (AvgIpc) is 2.38. The molecule has 3 heteroatoms. The molecule has 0 spiro atoms. The van der Waals surface area contributed by atoms with Crippen molar-refractivity contribution < 1.29 is 4.79 Å². The van der Waals surface area contributed by atoms with E-state index in [0.29, 0.717) is 6.42 Å². The summed E-state index contributed by atoms with van der Waals surface area (Å²) in [5.74, 6) is 0.231. The largest absolute Gasteiger partial charge is 0.294 e. The van der Waals surface area contributed by atoms with Gasteiger partial charge in [0.25, 0.3) is 0 Å². The third-order valence-electron chi connectivity index (χ3n) is 2.55. The molecule has 14 heavy (non-hydrogen) atoms. The number of hydrogen-bond donors (Lipinski definition) is 0. The van der Waals surface area contributed by atoms with Gasteiger partial charge in [-0.25, -0.2) is 0 Å². The maximum Gasteiger partial charge on any atom is 0.166 e. The van der Waals surface area contributed by atoms with Crippen LogP contribution < -0.4 is 0 Å². The molecule has 1 aromatic heterocycles. The number of aromatic nitrogens is 2. The molecular formula is C11H18N2O. The summed E-state index contributed by atoms with van der Waals surface area (Å²) in [5, 5.41) is 4.24. The van der Waals surface area contributed by atoms with Gasteiger partial charge in [0.05, 0.1) is 11.3 Å². The van der Waals surface area contributed by atoms with Crippen molar-refractivity contribution in [1.29, 1.82) is 0 Å². The molecule has 0 atom stereocenters. The van der Waals surface area contributed by atoms with Crippen LogP contribution in [0.15, 0.2) is 0 Å². The van der Waals surface area contributed by atoms with E-state index in [0.717, 1.165) is 29.8 Å². The van der Waals surface area contributed by atoms with E-state index in [4.69, 9.17) is 0 Å². The van der Waals surface area contributed by atoms with Crippen LogP contribution in [0.2, 0.25) is 0 Å². The average molecular weight is 194 g/mol. The summed E-state index contributed by atoms with van der Waals surface area (Å²) in [6, 6.07) is 0. The second-order valence-corrected chi connectivity index (χ2v) is 3.70. The van der Waals surface area contributed by atoms with Crippen molar-refractivity contribution in [2.75, 3.05) is 0 Å². The molecule has 0 saturated carbocycles. The van der Waals surface area contributed by atoms with E-state index >= 15 is 0 Å². The molecule has 0 bridgehead atoms. The van der Waals surface area contributed by atoms with Gasteiger partial charge >= 0.3 is 0 Å². The first-order valence-corrected chi connectivity index (χ1v) is 5.11. The third-order valence-corrected chi connectivity index (χ3v) is 2.55. The smallest absolute Gasteiger partial charge is 0.166 e. The number of carbonyl (C=O) groups is 1. The van der Waals surface area contributed by atoms with Crippen LogP contribution in [0.1, 0.15) is 47.9 Å². The summed E-state index contributed by atoms with van der Waals surface area (Å²) in [6.45, 7) is 5.93. The van der Waals surface area contributed by atoms with Crippen LogP contribution in [0.25, 0.3) is 0 Å². The van der Waals surface area contributed by atoms with Gasteiger partial charge < -0.3 is 0 Å². The topological polar surface area (TPSA) is 34.9 Å². The Hall–Kier alpha value is -1.12. The number of hydrogen-bond acceptors (Lipinski definition) is 2. The summed E-state index contributed by atoms with van der Waals surface area (Å²) < 4.78 is 1.77. The Labute approximate surface area is 85.1 Å². The van der Waals surface area contributed by atoms with Gasteiger partial charge in [-0.2, -0.15) is 5.10 Å². The molecule has 0 saturated heterocycles. The third kappa shape index (κ3) is 2.03. The molecule has 0 radical (unpaired) electrons. The molecule has 0 fully saturated rings. The second-order valence-electron chi connectivity index (χ2n) is 3.70. The van der Waals surface area contributed by atoms with E-state index in [1.165, 1.54) is 0 Å². The predicted octanol–water partition coefficient (Wildman–Crippen LogP) is 2.41. The molecule has 0 aliphatic rings. The molecule has 0 aliphatic carbocycles. The minimum atomic E-state index is 0.231. The van der Waals surface area contributed by atoms with Gasteiger partial charge in [0, 0.05) is 19.2 Å². The number of ketones is 1. The highest BCUT2D eigenvalue weighted by atomic mass is 16.1. The lowest BCUT2D eigenvalue weighted by Gasteiger charge is -2.00. The summed E-state index contributed by atoms with van der Waals surface area (Å²) in [5.41, 5.74) is 2.65. The molecule has 1 heterocycles. The Morgan fingerprint density at radius 3 is 2.50 bits per heavy atom. The van der Waals surface area contributed by atoms with Crippen LogP contribution in [-0.2, 0) is 7.05 Å². The highest BCUT2D eigenvalue weighted by Gasteiger charge is 2.15. The molecular weight excluding hydrogens is 176 g/mol. The van der Waals surface area contributed by atoms with Gasteiger partial charge in [-0.1, -0.05) is 13.3 Å². The summed E-state index contributed by atoms with van der Waals surface area (Å²) >= 11 is 0. The van der Waals surface area contributed by atoms with Crippen molar-refractivity contribution in [2.45, 2.75) is 40.0 Å². The zero-order valence-corrected chi connectivity index (χ0v) is 9.42. The second kappa shape index (κ2) is 4.40. The van der Waals surface area contributed by atoms with Crippen molar-refractivity contribution in [3.05, 3.63) is 17.0 Å². The minimum Gasteiger partial charge on any atom is -0.294 e. The van der Waals surface area contributed by atoms with Crippen LogP contribution in [-0.4, -0.2) is 15.6 Å². The Morgan fingerprint density at radius 2 is 2.07 bits per heavy atom. The number of unbranched alkanes of at least 4 members (excludes halogenated alkanes) is 1. The predicted molar refractivity (Wildman–Crippen MR) is 56.5 cm³/mol. The lowest BCUT2D eigenvalue weighted by Crippen LogP contribution is -2.02. The Kier molecular flexibility index (Phi) is 3.44. The van der Waals surface area contributed by atoms with E-state index in [2.05, 4.69) is 12.0 Å². The van der Waals surface area contributed by atoms with Crippen molar-refractivity contribution in [1.82, 2.24) is 9.78 Å². The van der Waals surface area contributed by atoms with Gasteiger partial charge in [-0.05, 0) is 20.3 Å². The molecule has 78 valence electrons. The van der Waals surface area contributed by atoms with Gasteiger partial charge in [0.15, 0.2) is 5.78 Å². The first kappa shape index (κ1) is 11.0. The number of aryl methyl sites for hydroxylation is 2. The molecule has 1 rings (SSSR count). The van der Waals surface area contributed by atoms with Gasteiger partial charge in [-0.3, -0.25) is 9.48 Å². The zero-order valence-electron chi connectivity index (χ0n) is 9.42. The first-order valence-electron chi connectivity index (χ1n) is 5.11. The Balaban J connectivity index is 2.89. The highest BCUT2D eigenvalue weighted by molar-refractivity contribution is 5.98. The molecule has 3 nitrogen and oxygen atoms in total. The standard InChI is InChI=1S/C11H18N2O/c1-5-6-7-10(14)11-8(2)12-13(4)9(11)3/h5-7H2,1-4H3. The van der Waals surface area contributed by atoms with E-state index in [9.17, 15) is 4.79 Å². The normalized spacial score (nSPS) is 10.6. The quantitative estimate of drug-likeness (QED) is 0.690. The maximum absolute atomic E-state index is 11.8. The van der Waals surface area contributed by atoms with Crippen molar-refractivity contribution >= 4 is 5.78 Å². The number of Topliss-reactive ketones (excluding diaryl/α,β-unsaturated/α-hetero) is 1. The first-order chi connectivity index (χ1) is 6.57. The number of carbonyl (C=O) groups excluding carboxylic acids is 1. The zero-order chi connectivity index (χ0) is 10.7. The molecule has 0 aliphatic heterocycles. The Bertz CT molecular complexity index is 339. The van der Waals surface area contributed by atoms with E-state index < -0.39 is 0 Å². The van der Waals surface area contributed by atoms with E-state index in [-0.39, 0.29) is 5.78 Å². The molecule has 0 N–H and O–H groups in total. The van der Waals surface area contributed by atoms with Gasteiger partial charge in [0.2, 0.25) is 0 Å². The Morgan fingerprint density at radius 1 is 1.43 bits per heavy atom. The highest BCUT2D eigenvalue weighted by Crippen LogP contribution is 2.15. The van der Waals surface area contributed by atoms with Gasteiger partial charge in [0.1, 0.15) is 0 Å². The van der Waals surface area contributed by atoms with Crippen LogP contribution in [0.5, 0.6) is 0 Å². The molecule has 0 unspecified atom stereocenters. The minimum absolute atomic E-state index is 0.231. The van der Waals surface area contributed by atoms with Gasteiger partial charge in [-0.15, -0.1) is 0 Å².